The Balaban J connectivity index is 2.16. The lowest BCUT2D eigenvalue weighted by Gasteiger charge is -2.08. The van der Waals surface area contributed by atoms with E-state index in [-0.39, 0.29) is 18.8 Å². The van der Waals surface area contributed by atoms with Crippen molar-refractivity contribution in [2.75, 3.05) is 18.5 Å². The van der Waals surface area contributed by atoms with Crippen LogP contribution in [0.1, 0.15) is 0 Å². The number of pyridine rings is 2. The van der Waals surface area contributed by atoms with Gasteiger partial charge in [-0.15, -0.1) is 0 Å². The molecule has 0 aliphatic heterocycles. The molecule has 0 radical (unpaired) electrons. The van der Waals surface area contributed by atoms with E-state index in [4.69, 9.17) is 9.84 Å². The second kappa shape index (κ2) is 6.53. The summed E-state index contributed by atoms with van der Waals surface area (Å²) in [5.41, 5.74) is 0.286. The molecule has 0 fully saturated rings. The summed E-state index contributed by atoms with van der Waals surface area (Å²) in [6.07, 6.45) is 3.22. The van der Waals surface area contributed by atoms with Gasteiger partial charge >= 0.3 is 0 Å². The molecule has 0 spiro atoms. The zero-order chi connectivity index (χ0) is 14.5. The van der Waals surface area contributed by atoms with E-state index >= 15 is 0 Å². The van der Waals surface area contributed by atoms with Gasteiger partial charge in [0.1, 0.15) is 23.9 Å². The van der Waals surface area contributed by atoms with Crippen LogP contribution < -0.4 is 15.6 Å². The first-order valence-electron chi connectivity index (χ1n) is 5.93. The molecular formula is C13H14BrN3O3. The first kappa shape index (κ1) is 14.5. The minimum atomic E-state index is -0.143. The molecule has 6 nitrogen and oxygen atoms in total. The average molecular weight is 340 g/mol. The smallest absolute Gasteiger partial charge is 0.274 e. The molecule has 0 amide bonds. The van der Waals surface area contributed by atoms with Gasteiger partial charge in [0, 0.05) is 17.7 Å². The fourth-order valence-electron chi connectivity index (χ4n) is 1.60. The van der Waals surface area contributed by atoms with Crippen LogP contribution in [0.15, 0.2) is 39.9 Å². The highest BCUT2D eigenvalue weighted by Crippen LogP contribution is 2.17. The van der Waals surface area contributed by atoms with Crippen molar-refractivity contribution in [3.05, 3.63) is 45.4 Å². The Morgan fingerprint density at radius 2 is 2.30 bits per heavy atom. The molecule has 0 aliphatic rings. The van der Waals surface area contributed by atoms with Crippen LogP contribution in [0, 0.1) is 0 Å². The summed E-state index contributed by atoms with van der Waals surface area (Å²) < 4.78 is 7.48. The van der Waals surface area contributed by atoms with Crippen molar-refractivity contribution in [3.63, 3.8) is 0 Å². The maximum Gasteiger partial charge on any atom is 0.274 e. The van der Waals surface area contributed by atoms with Crippen LogP contribution in [0.3, 0.4) is 0 Å². The monoisotopic (exact) mass is 339 g/mol. The maximum atomic E-state index is 11.9. The lowest BCUT2D eigenvalue weighted by atomic mass is 10.3. The van der Waals surface area contributed by atoms with Gasteiger partial charge in [-0.05, 0) is 34.1 Å². The molecule has 0 unspecified atom stereocenters. The number of hydrogen-bond donors (Lipinski definition) is 2. The molecule has 2 rings (SSSR count). The molecule has 20 heavy (non-hydrogen) atoms. The quantitative estimate of drug-likeness (QED) is 0.866. The van der Waals surface area contributed by atoms with E-state index in [9.17, 15) is 4.79 Å². The Kier molecular flexibility index (Phi) is 4.75. The predicted octanol–water partition coefficient (Wildman–Crippen LogP) is 1.66. The highest BCUT2D eigenvalue weighted by Gasteiger charge is 2.05. The highest BCUT2D eigenvalue weighted by atomic mass is 79.9. The van der Waals surface area contributed by atoms with Crippen LogP contribution >= 0.6 is 15.9 Å². The van der Waals surface area contributed by atoms with Gasteiger partial charge in [0.15, 0.2) is 0 Å². The summed E-state index contributed by atoms with van der Waals surface area (Å²) in [5.74, 6) is 1.10. The van der Waals surface area contributed by atoms with Crippen molar-refractivity contribution in [2.45, 2.75) is 0 Å². The first-order valence-corrected chi connectivity index (χ1v) is 6.72. The van der Waals surface area contributed by atoms with Crippen LogP contribution in [-0.4, -0.2) is 27.9 Å². The SMILES string of the molecule is Cn1cc(Br)cc(Nc2ccc(OCCO)cn2)c1=O. The van der Waals surface area contributed by atoms with Gasteiger partial charge in [-0.1, -0.05) is 0 Å². The number of halogens is 1. The second-order valence-corrected chi connectivity index (χ2v) is 4.98. The van der Waals surface area contributed by atoms with Crippen molar-refractivity contribution in [3.8, 4) is 5.75 Å². The molecule has 2 aromatic heterocycles. The minimum absolute atomic E-state index is 0.0475. The largest absolute Gasteiger partial charge is 0.490 e. The summed E-state index contributed by atoms with van der Waals surface area (Å²) >= 11 is 3.34. The average Bonchev–Trinajstić information content (AvgIpc) is 2.43. The van der Waals surface area contributed by atoms with Gasteiger partial charge in [0.05, 0.1) is 12.8 Å². The number of nitrogens with zero attached hydrogens (tertiary/aromatic N) is 2. The van der Waals surface area contributed by atoms with Gasteiger partial charge in [-0.25, -0.2) is 4.98 Å². The number of aliphatic hydroxyl groups excluding tert-OH is 1. The Hall–Kier alpha value is -1.86. The number of rotatable bonds is 5. The van der Waals surface area contributed by atoms with E-state index < -0.39 is 0 Å². The molecule has 2 heterocycles. The number of anilines is 2. The van der Waals surface area contributed by atoms with Gasteiger partial charge in [0.25, 0.3) is 5.56 Å². The lowest BCUT2D eigenvalue weighted by molar-refractivity contribution is 0.201. The summed E-state index contributed by atoms with van der Waals surface area (Å²) in [4.78, 5) is 16.1. The zero-order valence-electron chi connectivity index (χ0n) is 10.8. The van der Waals surface area contributed by atoms with E-state index in [2.05, 4.69) is 26.2 Å². The number of hydrogen-bond acceptors (Lipinski definition) is 5. The normalized spacial score (nSPS) is 10.3. The Bertz CT molecular complexity index is 640. The lowest BCUT2D eigenvalue weighted by Crippen LogP contribution is -2.19. The van der Waals surface area contributed by atoms with E-state index in [0.717, 1.165) is 4.47 Å². The standard InChI is InChI=1S/C13H14BrN3O3/c1-17-8-9(14)6-11(13(17)19)16-12-3-2-10(7-15-12)20-5-4-18/h2-3,6-8,18H,4-5H2,1H3,(H,15,16). The topological polar surface area (TPSA) is 76.4 Å². The van der Waals surface area contributed by atoms with Crippen LogP contribution in [-0.2, 0) is 7.05 Å². The number of aliphatic hydroxyl groups is 1. The van der Waals surface area contributed by atoms with Crippen LogP contribution in [0.5, 0.6) is 5.75 Å². The molecule has 2 aromatic rings. The molecule has 2 N–H and O–H groups in total. The summed E-state index contributed by atoms with van der Waals surface area (Å²) in [7, 11) is 1.68. The maximum absolute atomic E-state index is 11.9. The van der Waals surface area contributed by atoms with E-state index in [0.29, 0.717) is 17.3 Å². The van der Waals surface area contributed by atoms with Gasteiger partial charge in [-0.2, -0.15) is 0 Å². The van der Waals surface area contributed by atoms with Crippen molar-refractivity contribution in [2.24, 2.45) is 7.05 Å². The van der Waals surface area contributed by atoms with Crippen LogP contribution in [0.25, 0.3) is 0 Å². The van der Waals surface area contributed by atoms with E-state index in [1.807, 2.05) is 0 Å². The number of aryl methyl sites for hydroxylation is 1. The van der Waals surface area contributed by atoms with Crippen molar-refractivity contribution in [1.29, 1.82) is 0 Å². The molecule has 7 heteroatoms. The third-order valence-electron chi connectivity index (χ3n) is 2.51. The van der Waals surface area contributed by atoms with E-state index in [1.165, 1.54) is 10.8 Å². The van der Waals surface area contributed by atoms with E-state index in [1.54, 1.807) is 31.4 Å². The molecule has 0 bridgehead atoms. The Morgan fingerprint density at radius 1 is 1.50 bits per heavy atom. The fraction of sp³-hybridized carbons (Fsp3) is 0.231. The van der Waals surface area contributed by atoms with Crippen molar-refractivity contribution < 1.29 is 9.84 Å². The molecule has 0 saturated carbocycles. The zero-order valence-corrected chi connectivity index (χ0v) is 12.4. The number of nitrogens with one attached hydrogen (secondary N) is 1. The van der Waals surface area contributed by atoms with Crippen LogP contribution in [0.4, 0.5) is 11.5 Å². The molecule has 106 valence electrons. The summed E-state index contributed by atoms with van der Waals surface area (Å²) in [6, 6.07) is 5.11. The Labute approximate surface area is 124 Å². The fourth-order valence-corrected chi connectivity index (χ4v) is 2.14. The first-order chi connectivity index (χ1) is 9.60. The third-order valence-corrected chi connectivity index (χ3v) is 2.94. The molecule has 0 aliphatic carbocycles. The van der Waals surface area contributed by atoms with Crippen LogP contribution in [0.2, 0.25) is 0 Å². The summed E-state index contributed by atoms with van der Waals surface area (Å²) in [5, 5.41) is 11.6. The second-order valence-electron chi connectivity index (χ2n) is 4.06. The van der Waals surface area contributed by atoms with Gasteiger partial charge < -0.3 is 19.7 Å². The summed E-state index contributed by atoms with van der Waals surface area (Å²) in [6.45, 7) is 0.175. The molecular weight excluding hydrogens is 326 g/mol. The number of aromatic nitrogens is 2. The minimum Gasteiger partial charge on any atom is -0.490 e. The third kappa shape index (κ3) is 3.58. The molecule has 0 atom stereocenters. The van der Waals surface area contributed by atoms with Gasteiger partial charge in [-0.3, -0.25) is 4.79 Å². The highest BCUT2D eigenvalue weighted by molar-refractivity contribution is 9.10. The van der Waals surface area contributed by atoms with Crippen molar-refractivity contribution in [1.82, 2.24) is 9.55 Å². The number of ether oxygens (including phenoxy) is 1. The molecule has 0 aromatic carbocycles. The van der Waals surface area contributed by atoms with Gasteiger partial charge in [0.2, 0.25) is 0 Å². The Morgan fingerprint density at radius 3 is 2.95 bits per heavy atom. The molecule has 0 saturated heterocycles. The predicted molar refractivity (Wildman–Crippen MR) is 79.5 cm³/mol. The van der Waals surface area contributed by atoms with Crippen molar-refractivity contribution >= 4 is 27.4 Å².